The number of thiocarbonyl (C=S) groups is 1. The van der Waals surface area contributed by atoms with E-state index in [4.69, 9.17) is 17.0 Å². The molecule has 1 amide bonds. The molecule has 0 aromatic heterocycles. The van der Waals surface area contributed by atoms with Gasteiger partial charge in [-0.05, 0) is 36.5 Å². The Bertz CT molecular complexity index is 767. The fourth-order valence-corrected chi connectivity index (χ4v) is 1.97. The lowest BCUT2D eigenvalue weighted by Gasteiger charge is -2.11. The molecular formula is C15H14N4O4S. The molecule has 0 unspecified atom stereocenters. The van der Waals surface area contributed by atoms with Gasteiger partial charge in [-0.1, -0.05) is 18.2 Å². The van der Waals surface area contributed by atoms with Crippen LogP contribution in [0.25, 0.3) is 0 Å². The van der Waals surface area contributed by atoms with E-state index in [1.165, 1.54) is 19.2 Å². The van der Waals surface area contributed by atoms with Crippen molar-refractivity contribution < 1.29 is 14.5 Å². The molecule has 0 aliphatic heterocycles. The van der Waals surface area contributed by atoms with E-state index in [1.807, 2.05) is 30.3 Å². The number of ether oxygens (including phenoxy) is 1. The summed E-state index contributed by atoms with van der Waals surface area (Å²) < 4.78 is 4.89. The number of para-hydroxylation sites is 1. The van der Waals surface area contributed by atoms with Gasteiger partial charge in [0.15, 0.2) is 10.9 Å². The van der Waals surface area contributed by atoms with Crippen LogP contribution >= 0.6 is 12.2 Å². The zero-order chi connectivity index (χ0) is 17.5. The standard InChI is InChI=1S/C15H14N4O4S/c1-23-13-8-7-10(9-12(13)19(21)22)14(20)16-15(24)18-17-11-5-3-2-4-6-11/h2-9,17H,1H3,(H2,16,18,20,24). The van der Waals surface area contributed by atoms with E-state index in [-0.39, 0.29) is 22.1 Å². The number of nitro groups is 1. The maximum absolute atomic E-state index is 12.1. The summed E-state index contributed by atoms with van der Waals surface area (Å²) in [6.45, 7) is 0. The van der Waals surface area contributed by atoms with Gasteiger partial charge in [0.25, 0.3) is 5.91 Å². The smallest absolute Gasteiger partial charge is 0.311 e. The van der Waals surface area contributed by atoms with Gasteiger partial charge in [-0.2, -0.15) is 0 Å². The predicted molar refractivity (Wildman–Crippen MR) is 92.9 cm³/mol. The number of anilines is 1. The molecule has 9 heteroatoms. The number of amides is 1. The van der Waals surface area contributed by atoms with Crippen LogP contribution in [0.3, 0.4) is 0 Å². The first-order valence-electron chi connectivity index (χ1n) is 6.76. The van der Waals surface area contributed by atoms with E-state index < -0.39 is 10.8 Å². The fourth-order valence-electron chi connectivity index (χ4n) is 1.83. The molecule has 0 saturated carbocycles. The van der Waals surface area contributed by atoms with Crippen LogP contribution in [0.5, 0.6) is 5.75 Å². The zero-order valence-electron chi connectivity index (χ0n) is 12.6. The van der Waals surface area contributed by atoms with Crippen LogP contribution in [0.15, 0.2) is 48.5 Å². The number of methoxy groups -OCH3 is 1. The van der Waals surface area contributed by atoms with Crippen LogP contribution in [0, 0.1) is 10.1 Å². The Morgan fingerprint density at radius 2 is 1.92 bits per heavy atom. The van der Waals surface area contributed by atoms with Crippen molar-refractivity contribution in [2.45, 2.75) is 0 Å². The molecule has 124 valence electrons. The summed E-state index contributed by atoms with van der Waals surface area (Å²) in [5.41, 5.74) is 6.01. The Labute approximate surface area is 142 Å². The summed E-state index contributed by atoms with van der Waals surface area (Å²) in [5.74, 6) is -0.504. The van der Waals surface area contributed by atoms with Crippen LogP contribution in [0.4, 0.5) is 11.4 Å². The highest BCUT2D eigenvalue weighted by Crippen LogP contribution is 2.27. The van der Waals surface area contributed by atoms with E-state index in [1.54, 1.807) is 0 Å². The lowest BCUT2D eigenvalue weighted by atomic mass is 10.2. The van der Waals surface area contributed by atoms with Gasteiger partial charge >= 0.3 is 5.69 Å². The van der Waals surface area contributed by atoms with Crippen LogP contribution in [0.1, 0.15) is 10.4 Å². The summed E-state index contributed by atoms with van der Waals surface area (Å²) in [4.78, 5) is 22.5. The average molecular weight is 346 g/mol. The van der Waals surface area contributed by atoms with Crippen molar-refractivity contribution in [1.29, 1.82) is 0 Å². The van der Waals surface area contributed by atoms with E-state index >= 15 is 0 Å². The van der Waals surface area contributed by atoms with Gasteiger partial charge in [0.2, 0.25) is 0 Å². The Balaban J connectivity index is 2.00. The summed E-state index contributed by atoms with van der Waals surface area (Å²) in [6.07, 6.45) is 0. The Morgan fingerprint density at radius 1 is 1.21 bits per heavy atom. The summed E-state index contributed by atoms with van der Waals surface area (Å²) >= 11 is 5.00. The highest BCUT2D eigenvalue weighted by Gasteiger charge is 2.18. The number of hydrogen-bond donors (Lipinski definition) is 3. The molecule has 0 fully saturated rings. The van der Waals surface area contributed by atoms with Crippen molar-refractivity contribution in [1.82, 2.24) is 10.7 Å². The predicted octanol–water partition coefficient (Wildman–Crippen LogP) is 2.23. The number of hydrazine groups is 1. The van der Waals surface area contributed by atoms with Gasteiger partial charge in [-0.15, -0.1) is 0 Å². The number of nitrogens with one attached hydrogen (secondary N) is 3. The van der Waals surface area contributed by atoms with E-state index in [0.717, 1.165) is 11.8 Å². The molecule has 2 aromatic carbocycles. The van der Waals surface area contributed by atoms with Crippen molar-refractivity contribution in [3.05, 3.63) is 64.2 Å². The third-order valence-corrected chi connectivity index (χ3v) is 3.16. The molecule has 2 aromatic rings. The van der Waals surface area contributed by atoms with Crippen LogP contribution in [-0.4, -0.2) is 23.1 Å². The Kier molecular flexibility index (Phi) is 5.63. The lowest BCUT2D eigenvalue weighted by molar-refractivity contribution is -0.385. The zero-order valence-corrected chi connectivity index (χ0v) is 13.4. The highest BCUT2D eigenvalue weighted by atomic mass is 32.1. The minimum Gasteiger partial charge on any atom is -0.490 e. The number of nitrogens with zero attached hydrogens (tertiary/aromatic N) is 1. The van der Waals surface area contributed by atoms with Crippen molar-refractivity contribution in [3.63, 3.8) is 0 Å². The molecule has 0 bridgehead atoms. The molecule has 2 rings (SSSR count). The second-order valence-electron chi connectivity index (χ2n) is 4.54. The molecule has 0 saturated heterocycles. The second-order valence-corrected chi connectivity index (χ2v) is 4.95. The summed E-state index contributed by atoms with van der Waals surface area (Å²) in [6, 6.07) is 13.0. The third kappa shape index (κ3) is 4.40. The molecule has 24 heavy (non-hydrogen) atoms. The van der Waals surface area contributed by atoms with Gasteiger partial charge in [-0.25, -0.2) is 0 Å². The molecule has 0 atom stereocenters. The number of nitro benzene ring substituents is 1. The quantitative estimate of drug-likeness (QED) is 0.433. The van der Waals surface area contributed by atoms with Crippen molar-refractivity contribution >= 4 is 34.6 Å². The molecule has 0 spiro atoms. The highest BCUT2D eigenvalue weighted by molar-refractivity contribution is 7.80. The van der Waals surface area contributed by atoms with Crippen molar-refractivity contribution in [2.75, 3.05) is 12.5 Å². The van der Waals surface area contributed by atoms with Crippen molar-refractivity contribution in [2.24, 2.45) is 0 Å². The van der Waals surface area contributed by atoms with E-state index in [2.05, 4.69) is 16.2 Å². The molecule has 0 heterocycles. The number of rotatable bonds is 5. The van der Waals surface area contributed by atoms with Crippen molar-refractivity contribution in [3.8, 4) is 5.75 Å². The van der Waals surface area contributed by atoms with Gasteiger partial charge in [0, 0.05) is 11.6 Å². The fraction of sp³-hybridized carbons (Fsp3) is 0.0667. The Morgan fingerprint density at radius 3 is 2.54 bits per heavy atom. The van der Waals surface area contributed by atoms with Gasteiger partial charge in [0.05, 0.1) is 17.7 Å². The normalized spacial score (nSPS) is 9.71. The lowest BCUT2D eigenvalue weighted by Crippen LogP contribution is -2.41. The number of benzene rings is 2. The summed E-state index contributed by atoms with van der Waals surface area (Å²) in [5, 5.41) is 13.4. The average Bonchev–Trinajstić information content (AvgIpc) is 2.60. The molecular weight excluding hydrogens is 332 g/mol. The molecule has 0 aliphatic carbocycles. The number of carbonyl (C=O) groups excluding carboxylic acids is 1. The maximum atomic E-state index is 12.1. The second kappa shape index (κ2) is 7.88. The van der Waals surface area contributed by atoms with E-state index in [9.17, 15) is 14.9 Å². The SMILES string of the molecule is COc1ccc(C(=O)NC(=S)NNc2ccccc2)cc1[N+](=O)[O-]. The third-order valence-electron chi connectivity index (χ3n) is 2.96. The topological polar surface area (TPSA) is 106 Å². The molecule has 0 aliphatic rings. The maximum Gasteiger partial charge on any atom is 0.311 e. The number of carbonyl (C=O) groups is 1. The largest absolute Gasteiger partial charge is 0.490 e. The molecule has 0 radical (unpaired) electrons. The minimum atomic E-state index is -0.622. The van der Waals surface area contributed by atoms with Crippen LogP contribution < -0.4 is 20.9 Å². The molecule has 8 nitrogen and oxygen atoms in total. The van der Waals surface area contributed by atoms with E-state index in [0.29, 0.717) is 0 Å². The first-order valence-corrected chi connectivity index (χ1v) is 7.17. The summed E-state index contributed by atoms with van der Waals surface area (Å²) in [7, 11) is 1.32. The van der Waals surface area contributed by atoms with Gasteiger partial charge < -0.3 is 4.74 Å². The molecule has 3 N–H and O–H groups in total. The van der Waals surface area contributed by atoms with Gasteiger partial charge in [0.1, 0.15) is 0 Å². The van der Waals surface area contributed by atoms with Crippen LogP contribution in [0.2, 0.25) is 0 Å². The first-order chi connectivity index (χ1) is 11.5. The van der Waals surface area contributed by atoms with Crippen LogP contribution in [-0.2, 0) is 0 Å². The first kappa shape index (κ1) is 17.2. The monoisotopic (exact) mass is 346 g/mol. The number of hydrogen-bond acceptors (Lipinski definition) is 6. The van der Waals surface area contributed by atoms with Gasteiger partial charge in [-0.3, -0.25) is 31.1 Å². The Hall–Kier alpha value is -3.20. The minimum absolute atomic E-state index is 0.0299.